The second-order valence-electron chi connectivity index (χ2n) is 3.70. The Balaban J connectivity index is 2.55. The van der Waals surface area contributed by atoms with E-state index in [1.807, 2.05) is 6.92 Å². The quantitative estimate of drug-likeness (QED) is 0.724. The third kappa shape index (κ3) is 3.38. The van der Waals surface area contributed by atoms with E-state index in [2.05, 4.69) is 0 Å². The molecule has 1 rings (SSSR count). The Bertz CT molecular complexity index is 354. The van der Waals surface area contributed by atoms with Crippen LogP contribution in [0.15, 0.2) is 10.5 Å². The Morgan fingerprint density at radius 2 is 2.19 bits per heavy atom. The zero-order valence-electron chi connectivity index (χ0n) is 10.2. The van der Waals surface area contributed by atoms with Crippen LogP contribution in [0.3, 0.4) is 0 Å². The summed E-state index contributed by atoms with van der Waals surface area (Å²) in [6.45, 7) is 8.28. The van der Waals surface area contributed by atoms with Crippen molar-refractivity contribution in [3.63, 3.8) is 0 Å². The Morgan fingerprint density at radius 3 is 2.69 bits per heavy atom. The van der Waals surface area contributed by atoms with Gasteiger partial charge in [-0.25, -0.2) is 4.79 Å². The van der Waals surface area contributed by atoms with Crippen molar-refractivity contribution >= 4 is 5.97 Å². The molecule has 0 aliphatic heterocycles. The van der Waals surface area contributed by atoms with Crippen molar-refractivity contribution in [2.24, 2.45) is 0 Å². The molecule has 0 saturated carbocycles. The molecule has 0 N–H and O–H groups in total. The van der Waals surface area contributed by atoms with Gasteiger partial charge in [0, 0.05) is 6.61 Å². The summed E-state index contributed by atoms with van der Waals surface area (Å²) in [7, 11) is 0. The van der Waals surface area contributed by atoms with Gasteiger partial charge in [0.05, 0.1) is 6.61 Å². The van der Waals surface area contributed by atoms with Crippen molar-refractivity contribution < 1.29 is 18.7 Å². The summed E-state index contributed by atoms with van der Waals surface area (Å²) in [5.41, 5.74) is 0.487. The molecule has 0 unspecified atom stereocenters. The summed E-state index contributed by atoms with van der Waals surface area (Å²) in [4.78, 5) is 11.7. The van der Waals surface area contributed by atoms with Crippen LogP contribution in [-0.2, 0) is 9.47 Å². The Hall–Kier alpha value is -1.29. The van der Waals surface area contributed by atoms with Crippen molar-refractivity contribution in [3.8, 4) is 0 Å². The van der Waals surface area contributed by atoms with E-state index in [1.54, 1.807) is 26.8 Å². The first-order valence-electron chi connectivity index (χ1n) is 5.40. The summed E-state index contributed by atoms with van der Waals surface area (Å²) in [6.07, 6.45) is -0.248. The average molecular weight is 226 g/mol. The number of carbonyl (C=O) groups is 1. The smallest absolute Gasteiger partial charge is 0.342 e. The predicted molar refractivity (Wildman–Crippen MR) is 59.6 cm³/mol. The zero-order chi connectivity index (χ0) is 12.1. The summed E-state index contributed by atoms with van der Waals surface area (Å²) in [5.74, 6) is 0.939. The highest BCUT2D eigenvalue weighted by Gasteiger charge is 2.17. The van der Waals surface area contributed by atoms with Gasteiger partial charge in [0.25, 0.3) is 0 Å². The zero-order valence-corrected chi connectivity index (χ0v) is 10.2. The van der Waals surface area contributed by atoms with Crippen molar-refractivity contribution in [2.75, 3.05) is 13.2 Å². The number of rotatable bonds is 5. The first kappa shape index (κ1) is 12.8. The van der Waals surface area contributed by atoms with Gasteiger partial charge >= 0.3 is 5.97 Å². The van der Waals surface area contributed by atoms with E-state index in [0.29, 0.717) is 30.3 Å². The fraction of sp³-hybridized carbons (Fsp3) is 0.583. The lowest BCUT2D eigenvalue weighted by atomic mass is 10.2. The van der Waals surface area contributed by atoms with Gasteiger partial charge < -0.3 is 13.9 Å². The van der Waals surface area contributed by atoms with E-state index >= 15 is 0 Å². The van der Waals surface area contributed by atoms with Crippen LogP contribution in [0, 0.1) is 13.8 Å². The van der Waals surface area contributed by atoms with Gasteiger partial charge in [0.1, 0.15) is 23.2 Å². The van der Waals surface area contributed by atoms with Gasteiger partial charge in [-0.2, -0.15) is 0 Å². The Kier molecular flexibility index (Phi) is 4.55. The van der Waals surface area contributed by atoms with Crippen LogP contribution in [0.25, 0.3) is 0 Å². The van der Waals surface area contributed by atoms with Crippen molar-refractivity contribution in [2.45, 2.75) is 33.8 Å². The molecule has 1 heterocycles. The minimum Gasteiger partial charge on any atom is -0.466 e. The van der Waals surface area contributed by atoms with Gasteiger partial charge in [-0.05, 0) is 33.8 Å². The highest BCUT2D eigenvalue weighted by Crippen LogP contribution is 2.15. The van der Waals surface area contributed by atoms with Crippen molar-refractivity contribution in [1.82, 2.24) is 0 Å². The Morgan fingerprint density at radius 1 is 1.50 bits per heavy atom. The van der Waals surface area contributed by atoms with Crippen LogP contribution in [0.5, 0.6) is 0 Å². The summed E-state index contributed by atoms with van der Waals surface area (Å²) in [5, 5.41) is 0. The second-order valence-corrected chi connectivity index (χ2v) is 3.70. The topological polar surface area (TPSA) is 48.7 Å². The molecule has 1 aromatic rings. The van der Waals surface area contributed by atoms with E-state index < -0.39 is 0 Å². The molecule has 0 fully saturated rings. The number of ether oxygens (including phenoxy) is 2. The third-order valence-electron chi connectivity index (χ3n) is 2.13. The summed E-state index contributed by atoms with van der Waals surface area (Å²) >= 11 is 0. The highest BCUT2D eigenvalue weighted by molar-refractivity contribution is 5.90. The molecule has 16 heavy (non-hydrogen) atoms. The molecule has 0 radical (unpaired) electrons. The number of aryl methyl sites for hydroxylation is 2. The van der Waals surface area contributed by atoms with Gasteiger partial charge in [0.15, 0.2) is 0 Å². The molecule has 0 bridgehead atoms. The lowest BCUT2D eigenvalue weighted by molar-refractivity contribution is 0.00425. The van der Waals surface area contributed by atoms with E-state index in [4.69, 9.17) is 13.9 Å². The molecule has 0 aliphatic carbocycles. The van der Waals surface area contributed by atoms with E-state index in [1.165, 1.54) is 0 Å². The average Bonchev–Trinajstić information content (AvgIpc) is 2.54. The number of furan rings is 1. The van der Waals surface area contributed by atoms with E-state index in [9.17, 15) is 4.79 Å². The molecule has 0 spiro atoms. The van der Waals surface area contributed by atoms with Crippen molar-refractivity contribution in [1.29, 1.82) is 0 Å². The normalized spacial score (nSPS) is 12.5. The molecule has 1 aromatic heterocycles. The van der Waals surface area contributed by atoms with Crippen LogP contribution < -0.4 is 0 Å². The molecule has 0 saturated heterocycles. The number of carbonyl (C=O) groups excluding carboxylic acids is 1. The maximum atomic E-state index is 11.7. The van der Waals surface area contributed by atoms with Crippen LogP contribution in [0.1, 0.15) is 35.7 Å². The molecule has 0 aliphatic rings. The number of esters is 1. The second kappa shape index (κ2) is 5.70. The molecule has 4 nitrogen and oxygen atoms in total. The van der Waals surface area contributed by atoms with Gasteiger partial charge in [-0.1, -0.05) is 0 Å². The summed E-state index contributed by atoms with van der Waals surface area (Å²) in [6, 6.07) is 1.69. The molecule has 0 aromatic carbocycles. The minimum absolute atomic E-state index is 0.248. The minimum atomic E-state index is -0.360. The molecule has 1 atom stereocenters. The molecule has 0 amide bonds. The van der Waals surface area contributed by atoms with Crippen LogP contribution in [0.4, 0.5) is 0 Å². The molecular formula is C12H18O4. The molecule has 4 heteroatoms. The lowest BCUT2D eigenvalue weighted by Gasteiger charge is -2.12. The monoisotopic (exact) mass is 226 g/mol. The van der Waals surface area contributed by atoms with Crippen LogP contribution in [0.2, 0.25) is 0 Å². The lowest BCUT2D eigenvalue weighted by Crippen LogP contribution is -2.20. The number of hydrogen-bond donors (Lipinski definition) is 0. The fourth-order valence-corrected chi connectivity index (χ4v) is 1.40. The maximum absolute atomic E-state index is 11.7. The summed E-state index contributed by atoms with van der Waals surface area (Å²) < 4.78 is 15.6. The first-order chi connectivity index (χ1) is 7.54. The van der Waals surface area contributed by atoms with E-state index in [0.717, 1.165) is 0 Å². The van der Waals surface area contributed by atoms with Gasteiger partial charge in [0.2, 0.25) is 0 Å². The van der Waals surface area contributed by atoms with Crippen LogP contribution in [-0.4, -0.2) is 25.3 Å². The fourth-order valence-electron chi connectivity index (χ4n) is 1.40. The van der Waals surface area contributed by atoms with Gasteiger partial charge in [-0.3, -0.25) is 0 Å². The Labute approximate surface area is 95.5 Å². The predicted octanol–water partition coefficient (Wildman–Crippen LogP) is 2.48. The maximum Gasteiger partial charge on any atom is 0.342 e. The molecule has 90 valence electrons. The SMILES string of the molecule is CCOC[C@H](C)OC(=O)c1cc(C)oc1C. The standard InChI is InChI=1S/C12H18O4/c1-5-14-7-9(3)16-12(13)11-6-8(2)15-10(11)4/h6,9H,5,7H2,1-4H3/t9-/m0/s1. The third-order valence-corrected chi connectivity index (χ3v) is 2.13. The molecular weight excluding hydrogens is 208 g/mol. The van der Waals surface area contributed by atoms with Crippen molar-refractivity contribution in [3.05, 3.63) is 23.2 Å². The number of hydrogen-bond acceptors (Lipinski definition) is 4. The van der Waals surface area contributed by atoms with Gasteiger partial charge in [-0.15, -0.1) is 0 Å². The highest BCUT2D eigenvalue weighted by atomic mass is 16.6. The van der Waals surface area contributed by atoms with E-state index in [-0.39, 0.29) is 12.1 Å². The largest absolute Gasteiger partial charge is 0.466 e. The first-order valence-corrected chi connectivity index (χ1v) is 5.40. The van der Waals surface area contributed by atoms with Crippen LogP contribution >= 0.6 is 0 Å².